The van der Waals surface area contributed by atoms with Crippen molar-refractivity contribution in [3.63, 3.8) is 0 Å². The van der Waals surface area contributed by atoms with E-state index in [1.807, 2.05) is 11.8 Å². The van der Waals surface area contributed by atoms with Gasteiger partial charge in [0.15, 0.2) is 6.29 Å². The second-order valence-electron chi connectivity index (χ2n) is 4.47. The van der Waals surface area contributed by atoms with Crippen molar-refractivity contribution in [2.75, 3.05) is 31.2 Å². The summed E-state index contributed by atoms with van der Waals surface area (Å²) in [6.07, 6.45) is 0.724. The van der Waals surface area contributed by atoms with Gasteiger partial charge in [0.2, 0.25) is 5.91 Å². The number of likely N-dealkylation sites (N-methyl/N-ethyl adjacent to an activating group) is 1. The number of nitrogens with zero attached hydrogens (tertiary/aromatic N) is 1. The largest absolute Gasteiger partial charge is 0.377 e. The highest BCUT2D eigenvalue weighted by Gasteiger charge is 2.30. The second-order valence-corrected chi connectivity index (χ2v) is 4.88. The lowest BCUT2D eigenvalue weighted by Gasteiger charge is -2.37. The topological polar surface area (TPSA) is 58.6 Å². The van der Waals surface area contributed by atoms with Gasteiger partial charge in [-0.25, -0.2) is 0 Å². The summed E-state index contributed by atoms with van der Waals surface area (Å²) in [7, 11) is 0. The number of anilines is 1. The summed E-state index contributed by atoms with van der Waals surface area (Å²) < 4.78 is 5.38. The molecule has 1 atom stereocenters. The molecule has 1 aromatic rings. The Morgan fingerprint density at radius 1 is 1.60 bits per heavy atom. The predicted octanol–water partition coefficient (Wildman–Crippen LogP) is 1.49. The van der Waals surface area contributed by atoms with Gasteiger partial charge in [0.25, 0.3) is 0 Å². The molecule has 0 aliphatic carbocycles. The summed E-state index contributed by atoms with van der Waals surface area (Å²) in [5, 5.41) is 3.17. The molecule has 1 fully saturated rings. The van der Waals surface area contributed by atoms with Crippen LogP contribution in [0.25, 0.3) is 0 Å². The number of carbonyl (C=O) groups is 2. The van der Waals surface area contributed by atoms with Crippen LogP contribution in [0.4, 0.5) is 5.69 Å². The summed E-state index contributed by atoms with van der Waals surface area (Å²) in [6, 6.07) is 4.79. The van der Waals surface area contributed by atoms with Gasteiger partial charge in [0.1, 0.15) is 6.04 Å². The van der Waals surface area contributed by atoms with E-state index in [1.54, 1.807) is 18.2 Å². The van der Waals surface area contributed by atoms with Crippen LogP contribution in [-0.4, -0.2) is 44.5 Å². The molecule has 1 aromatic carbocycles. The maximum atomic E-state index is 12.1. The zero-order valence-corrected chi connectivity index (χ0v) is 12.0. The first-order valence-electron chi connectivity index (χ1n) is 6.54. The van der Waals surface area contributed by atoms with Gasteiger partial charge in [-0.2, -0.15) is 0 Å². The zero-order valence-electron chi connectivity index (χ0n) is 11.3. The van der Waals surface area contributed by atoms with Gasteiger partial charge in [-0.05, 0) is 19.1 Å². The van der Waals surface area contributed by atoms with Crippen LogP contribution < -0.4 is 10.2 Å². The quantitative estimate of drug-likeness (QED) is 0.855. The molecule has 1 unspecified atom stereocenters. The molecule has 0 saturated carbocycles. The fourth-order valence-electron chi connectivity index (χ4n) is 2.29. The van der Waals surface area contributed by atoms with Crippen LogP contribution in [0.3, 0.4) is 0 Å². The third-order valence-corrected chi connectivity index (χ3v) is 3.57. The van der Waals surface area contributed by atoms with E-state index in [4.69, 9.17) is 16.3 Å². The fourth-order valence-corrected chi connectivity index (χ4v) is 2.51. The summed E-state index contributed by atoms with van der Waals surface area (Å²) >= 11 is 6.05. The molecule has 2 rings (SSSR count). The highest BCUT2D eigenvalue weighted by atomic mass is 35.5. The van der Waals surface area contributed by atoms with Crippen molar-refractivity contribution in [2.24, 2.45) is 0 Å². The predicted molar refractivity (Wildman–Crippen MR) is 77.5 cm³/mol. The normalized spacial score (nSPS) is 18.7. The molecular weight excluding hydrogens is 280 g/mol. The molecule has 1 N–H and O–H groups in total. The Balaban J connectivity index is 2.35. The number of benzene rings is 1. The van der Waals surface area contributed by atoms with Crippen LogP contribution in [0, 0.1) is 0 Å². The molecule has 1 aliphatic heterocycles. The number of nitrogens with one attached hydrogen (secondary N) is 1. The Labute approximate surface area is 122 Å². The first-order chi connectivity index (χ1) is 9.69. The Morgan fingerprint density at radius 3 is 3.10 bits per heavy atom. The lowest BCUT2D eigenvalue weighted by molar-refractivity contribution is -0.124. The van der Waals surface area contributed by atoms with Crippen molar-refractivity contribution < 1.29 is 14.3 Å². The smallest absolute Gasteiger partial charge is 0.245 e. The first-order valence-corrected chi connectivity index (χ1v) is 6.92. The lowest BCUT2D eigenvalue weighted by Crippen LogP contribution is -2.54. The van der Waals surface area contributed by atoms with Crippen molar-refractivity contribution in [3.05, 3.63) is 28.8 Å². The van der Waals surface area contributed by atoms with E-state index in [9.17, 15) is 9.59 Å². The van der Waals surface area contributed by atoms with Gasteiger partial charge in [0, 0.05) is 18.8 Å². The highest BCUT2D eigenvalue weighted by molar-refractivity contribution is 6.33. The Kier molecular flexibility index (Phi) is 4.98. The third kappa shape index (κ3) is 2.94. The summed E-state index contributed by atoms with van der Waals surface area (Å²) in [6.45, 7) is 3.78. The van der Waals surface area contributed by atoms with E-state index < -0.39 is 6.04 Å². The van der Waals surface area contributed by atoms with E-state index in [-0.39, 0.29) is 5.91 Å². The van der Waals surface area contributed by atoms with Crippen LogP contribution in [0.2, 0.25) is 5.02 Å². The van der Waals surface area contributed by atoms with E-state index in [0.29, 0.717) is 42.6 Å². The highest BCUT2D eigenvalue weighted by Crippen LogP contribution is 2.28. The van der Waals surface area contributed by atoms with Crippen LogP contribution in [-0.2, 0) is 9.53 Å². The molecule has 0 bridgehead atoms. The average molecular weight is 297 g/mol. The number of amides is 1. The number of hydrogen-bond acceptors (Lipinski definition) is 4. The molecule has 108 valence electrons. The maximum Gasteiger partial charge on any atom is 0.245 e. The first kappa shape index (κ1) is 14.8. The second kappa shape index (κ2) is 6.72. The minimum Gasteiger partial charge on any atom is -0.377 e. The molecular formula is C14H17ClN2O3. The molecule has 20 heavy (non-hydrogen) atoms. The average Bonchev–Trinajstić information content (AvgIpc) is 2.47. The lowest BCUT2D eigenvalue weighted by atomic mass is 10.1. The van der Waals surface area contributed by atoms with Gasteiger partial charge in [-0.15, -0.1) is 0 Å². The van der Waals surface area contributed by atoms with Gasteiger partial charge in [-0.3, -0.25) is 9.59 Å². The van der Waals surface area contributed by atoms with Crippen molar-refractivity contribution in [3.8, 4) is 0 Å². The van der Waals surface area contributed by atoms with Crippen molar-refractivity contribution >= 4 is 29.5 Å². The van der Waals surface area contributed by atoms with Crippen molar-refractivity contribution in [2.45, 2.75) is 13.0 Å². The molecule has 1 aliphatic rings. The number of morpholine rings is 1. The van der Waals surface area contributed by atoms with Crippen molar-refractivity contribution in [1.29, 1.82) is 0 Å². The molecule has 1 saturated heterocycles. The minimum absolute atomic E-state index is 0.107. The van der Waals surface area contributed by atoms with Crippen molar-refractivity contribution in [1.82, 2.24) is 5.32 Å². The van der Waals surface area contributed by atoms with E-state index in [1.165, 1.54) is 0 Å². The summed E-state index contributed by atoms with van der Waals surface area (Å²) in [4.78, 5) is 25.2. The minimum atomic E-state index is -0.444. The number of hydrogen-bond donors (Lipinski definition) is 1. The van der Waals surface area contributed by atoms with Gasteiger partial charge >= 0.3 is 0 Å². The SMILES string of the molecule is CCNC(=O)C1COCCN1c1cccc(Cl)c1C=O. The van der Waals surface area contributed by atoms with Gasteiger partial charge in [-0.1, -0.05) is 17.7 Å². The van der Waals surface area contributed by atoms with Crippen LogP contribution in [0.5, 0.6) is 0 Å². The Bertz CT molecular complexity index is 507. The molecule has 5 nitrogen and oxygen atoms in total. The Morgan fingerprint density at radius 2 is 2.40 bits per heavy atom. The summed E-state index contributed by atoms with van der Waals surface area (Å²) in [5.74, 6) is -0.107. The van der Waals surface area contributed by atoms with E-state index in [2.05, 4.69) is 5.32 Å². The number of halogens is 1. The van der Waals surface area contributed by atoms with Crippen LogP contribution in [0.15, 0.2) is 18.2 Å². The molecule has 0 spiro atoms. The fraction of sp³-hybridized carbons (Fsp3) is 0.429. The summed E-state index contributed by atoms with van der Waals surface area (Å²) in [5.41, 5.74) is 1.08. The Hall–Kier alpha value is -1.59. The number of carbonyl (C=O) groups excluding carboxylic acids is 2. The van der Waals surface area contributed by atoms with Gasteiger partial charge in [0.05, 0.1) is 23.8 Å². The van der Waals surface area contributed by atoms with Gasteiger partial charge < -0.3 is 15.0 Å². The van der Waals surface area contributed by atoms with E-state index >= 15 is 0 Å². The number of ether oxygens (including phenoxy) is 1. The number of rotatable bonds is 4. The third-order valence-electron chi connectivity index (χ3n) is 3.24. The van der Waals surface area contributed by atoms with Crippen LogP contribution in [0.1, 0.15) is 17.3 Å². The monoisotopic (exact) mass is 296 g/mol. The van der Waals surface area contributed by atoms with E-state index in [0.717, 1.165) is 6.29 Å². The molecule has 0 radical (unpaired) electrons. The molecule has 6 heteroatoms. The number of aldehydes is 1. The zero-order chi connectivity index (χ0) is 14.5. The maximum absolute atomic E-state index is 12.1. The molecule has 1 amide bonds. The molecule has 0 aromatic heterocycles. The standard InChI is InChI=1S/C14H17ClN2O3/c1-2-16-14(19)13-9-20-7-6-17(13)12-5-3-4-11(15)10(12)8-18/h3-5,8,13H,2,6-7,9H2,1H3,(H,16,19). The van der Waals surface area contributed by atoms with Crippen LogP contribution >= 0.6 is 11.6 Å². The molecule has 1 heterocycles.